The van der Waals surface area contributed by atoms with Crippen molar-refractivity contribution in [1.29, 1.82) is 0 Å². The van der Waals surface area contributed by atoms with E-state index in [-0.39, 0.29) is 37.8 Å². The number of nitrogens with zero attached hydrogens (tertiary/aromatic N) is 3. The summed E-state index contributed by atoms with van der Waals surface area (Å²) in [5.74, 6) is -0.469. The van der Waals surface area contributed by atoms with Crippen LogP contribution in [0.25, 0.3) is 0 Å². The Labute approximate surface area is 91.0 Å². The number of aliphatic hydroxyl groups excluding tert-OH is 1. The summed E-state index contributed by atoms with van der Waals surface area (Å²) in [6.07, 6.45) is 1.61. The molecule has 8 nitrogen and oxygen atoms in total. The molecule has 1 aromatic rings. The lowest BCUT2D eigenvalue weighted by Gasteiger charge is -2.00. The third-order valence-corrected chi connectivity index (χ3v) is 1.82. The number of nitrogens with one attached hydrogen (secondary N) is 1. The highest BCUT2D eigenvalue weighted by atomic mass is 16.6. The molecule has 88 valence electrons. The first-order chi connectivity index (χ1) is 7.63. The van der Waals surface area contributed by atoms with E-state index in [2.05, 4.69) is 10.4 Å². The van der Waals surface area contributed by atoms with Gasteiger partial charge < -0.3 is 20.5 Å². The molecular formula is C8H12N4O4. The average Bonchev–Trinajstić information content (AvgIpc) is 2.72. The molecule has 0 radical (unpaired) electrons. The van der Waals surface area contributed by atoms with Gasteiger partial charge in [0.1, 0.15) is 0 Å². The zero-order valence-corrected chi connectivity index (χ0v) is 8.50. The Bertz CT molecular complexity index is 376. The second-order valence-electron chi connectivity index (χ2n) is 3.02. The number of aromatic nitrogens is 2. The van der Waals surface area contributed by atoms with Gasteiger partial charge in [-0.25, -0.2) is 0 Å². The first-order valence-corrected chi connectivity index (χ1v) is 4.69. The van der Waals surface area contributed by atoms with Crippen molar-refractivity contribution in [3.8, 4) is 0 Å². The molecule has 0 saturated carbocycles. The van der Waals surface area contributed by atoms with Crippen molar-refractivity contribution in [3.63, 3.8) is 0 Å². The Balaban J connectivity index is 2.36. The maximum absolute atomic E-state index is 11.1. The fourth-order valence-electron chi connectivity index (χ4n) is 1.07. The van der Waals surface area contributed by atoms with Gasteiger partial charge in [0.2, 0.25) is 5.91 Å². The van der Waals surface area contributed by atoms with E-state index in [1.54, 1.807) is 0 Å². The zero-order valence-electron chi connectivity index (χ0n) is 8.50. The van der Waals surface area contributed by atoms with Gasteiger partial charge in [-0.1, -0.05) is 0 Å². The first-order valence-electron chi connectivity index (χ1n) is 4.69. The minimum atomic E-state index is -0.595. The molecule has 0 saturated heterocycles. The van der Waals surface area contributed by atoms with Crippen molar-refractivity contribution in [2.24, 2.45) is 0 Å². The van der Waals surface area contributed by atoms with Crippen LogP contribution in [0.3, 0.4) is 0 Å². The summed E-state index contributed by atoms with van der Waals surface area (Å²) >= 11 is 0. The molecule has 0 aromatic carbocycles. The van der Waals surface area contributed by atoms with Crippen molar-refractivity contribution in [3.05, 3.63) is 22.4 Å². The zero-order chi connectivity index (χ0) is 12.0. The van der Waals surface area contributed by atoms with E-state index < -0.39 is 4.92 Å². The number of aliphatic hydroxyl groups is 1. The summed E-state index contributed by atoms with van der Waals surface area (Å²) < 4.78 is 1.33. The van der Waals surface area contributed by atoms with Crippen molar-refractivity contribution >= 4 is 11.7 Å². The molecular weight excluding hydrogens is 216 g/mol. The predicted octanol–water partition coefficient (Wildman–Crippen LogP) is -0.710. The van der Waals surface area contributed by atoms with Crippen molar-refractivity contribution in [2.75, 3.05) is 13.2 Å². The number of hydrogen-bond acceptors (Lipinski definition) is 5. The van der Waals surface area contributed by atoms with Crippen molar-refractivity contribution < 1.29 is 14.8 Å². The third kappa shape index (κ3) is 3.65. The molecule has 0 spiro atoms. The van der Waals surface area contributed by atoms with Crippen LogP contribution < -0.4 is 5.32 Å². The standard InChI is InChI=1S/C8H12N4O4/c13-6-3-9-8(14)2-5-11-4-1-7(10-11)12(15)16/h1,4,13H,2-3,5-6H2,(H,9,14). The molecule has 8 heteroatoms. The van der Waals surface area contributed by atoms with Crippen LogP contribution in [0.15, 0.2) is 12.3 Å². The molecule has 1 aromatic heterocycles. The van der Waals surface area contributed by atoms with Gasteiger partial charge >= 0.3 is 5.82 Å². The van der Waals surface area contributed by atoms with Gasteiger partial charge in [0.25, 0.3) is 0 Å². The Morgan fingerprint density at radius 1 is 1.69 bits per heavy atom. The lowest BCUT2D eigenvalue weighted by molar-refractivity contribution is -0.389. The minimum absolute atomic E-state index is 0.112. The van der Waals surface area contributed by atoms with Crippen LogP contribution in [-0.2, 0) is 11.3 Å². The van der Waals surface area contributed by atoms with Crippen LogP contribution in [0.4, 0.5) is 5.82 Å². The topological polar surface area (TPSA) is 110 Å². The summed E-state index contributed by atoms with van der Waals surface area (Å²) in [7, 11) is 0. The van der Waals surface area contributed by atoms with Crippen LogP contribution in [-0.4, -0.2) is 38.9 Å². The van der Waals surface area contributed by atoms with Gasteiger partial charge in [-0.15, -0.1) is 0 Å². The van der Waals surface area contributed by atoms with Gasteiger partial charge in [-0.05, 0) is 4.92 Å². The Kier molecular flexibility index (Phi) is 4.40. The smallest absolute Gasteiger partial charge is 0.389 e. The Morgan fingerprint density at radius 3 is 3.00 bits per heavy atom. The molecule has 2 N–H and O–H groups in total. The van der Waals surface area contributed by atoms with E-state index in [1.807, 2.05) is 0 Å². The van der Waals surface area contributed by atoms with E-state index >= 15 is 0 Å². The van der Waals surface area contributed by atoms with E-state index in [0.717, 1.165) is 0 Å². The molecule has 0 aliphatic carbocycles. The first kappa shape index (κ1) is 12.1. The monoisotopic (exact) mass is 228 g/mol. The highest BCUT2D eigenvalue weighted by Gasteiger charge is 2.11. The quantitative estimate of drug-likeness (QED) is 0.493. The predicted molar refractivity (Wildman–Crippen MR) is 53.6 cm³/mol. The van der Waals surface area contributed by atoms with Gasteiger partial charge in [0, 0.05) is 13.0 Å². The summed E-state index contributed by atoms with van der Waals surface area (Å²) in [4.78, 5) is 20.8. The minimum Gasteiger partial charge on any atom is -0.395 e. The largest absolute Gasteiger partial charge is 0.395 e. The molecule has 0 aliphatic rings. The second-order valence-corrected chi connectivity index (χ2v) is 3.02. The van der Waals surface area contributed by atoms with Crippen LogP contribution in [0.5, 0.6) is 0 Å². The molecule has 0 fully saturated rings. The normalized spacial score (nSPS) is 10.1. The number of aryl methyl sites for hydroxylation is 1. The number of hydrogen-bond donors (Lipinski definition) is 2. The van der Waals surface area contributed by atoms with Crippen molar-refractivity contribution in [1.82, 2.24) is 15.1 Å². The number of carbonyl (C=O) groups is 1. The molecule has 1 heterocycles. The molecule has 0 unspecified atom stereocenters. The highest BCUT2D eigenvalue weighted by Crippen LogP contribution is 2.05. The van der Waals surface area contributed by atoms with Crippen LogP contribution >= 0.6 is 0 Å². The summed E-state index contributed by atoms with van der Waals surface area (Å²) in [5.41, 5.74) is 0. The number of carbonyl (C=O) groups excluding carboxylic acids is 1. The number of nitro groups is 1. The molecule has 1 amide bonds. The molecule has 0 bridgehead atoms. The second kappa shape index (κ2) is 5.81. The molecule has 0 atom stereocenters. The fraction of sp³-hybridized carbons (Fsp3) is 0.500. The van der Waals surface area contributed by atoms with Gasteiger partial charge in [0.15, 0.2) is 0 Å². The molecule has 16 heavy (non-hydrogen) atoms. The fourth-order valence-corrected chi connectivity index (χ4v) is 1.07. The summed E-state index contributed by atoms with van der Waals surface area (Å²) in [5, 5.41) is 24.9. The lowest BCUT2D eigenvalue weighted by Crippen LogP contribution is -2.27. The summed E-state index contributed by atoms with van der Waals surface area (Å²) in [6, 6.07) is 1.27. The van der Waals surface area contributed by atoms with Gasteiger partial charge in [0.05, 0.1) is 30.5 Å². The number of rotatable bonds is 6. The van der Waals surface area contributed by atoms with Crippen LogP contribution in [0.2, 0.25) is 0 Å². The van der Waals surface area contributed by atoms with Crippen LogP contribution in [0, 0.1) is 10.1 Å². The SMILES string of the molecule is O=C(CCn1ccc([N+](=O)[O-])n1)NCCO. The highest BCUT2D eigenvalue weighted by molar-refractivity contribution is 5.75. The molecule has 0 aliphatic heterocycles. The summed E-state index contributed by atoms with van der Waals surface area (Å²) in [6.45, 7) is 0.363. The molecule has 1 rings (SSSR count). The van der Waals surface area contributed by atoms with E-state index in [4.69, 9.17) is 5.11 Å². The van der Waals surface area contributed by atoms with E-state index in [1.165, 1.54) is 16.9 Å². The maximum Gasteiger partial charge on any atom is 0.389 e. The van der Waals surface area contributed by atoms with Crippen molar-refractivity contribution in [2.45, 2.75) is 13.0 Å². The Morgan fingerprint density at radius 2 is 2.44 bits per heavy atom. The van der Waals surface area contributed by atoms with E-state index in [9.17, 15) is 14.9 Å². The maximum atomic E-state index is 11.1. The average molecular weight is 228 g/mol. The lowest BCUT2D eigenvalue weighted by atomic mass is 10.4. The number of amides is 1. The van der Waals surface area contributed by atoms with Crippen LogP contribution in [0.1, 0.15) is 6.42 Å². The van der Waals surface area contributed by atoms with Gasteiger partial charge in [-0.2, -0.15) is 4.68 Å². The Hall–Kier alpha value is -1.96. The van der Waals surface area contributed by atoms with Gasteiger partial charge in [-0.3, -0.25) is 4.79 Å². The van der Waals surface area contributed by atoms with E-state index in [0.29, 0.717) is 0 Å². The third-order valence-electron chi connectivity index (χ3n) is 1.82.